The summed E-state index contributed by atoms with van der Waals surface area (Å²) in [5.74, 6) is 0.297. The van der Waals surface area contributed by atoms with Gasteiger partial charge in [-0.2, -0.15) is 13.2 Å². The summed E-state index contributed by atoms with van der Waals surface area (Å²) in [6.45, 7) is 3.58. The quantitative estimate of drug-likeness (QED) is 0.672. The highest BCUT2D eigenvalue weighted by molar-refractivity contribution is 6.29. The standard InChI is InChI=1S/C18H20ClF3N2O/c1-12-6-15(7-13(2)17(12)25-11-18(20,21)22)10-24(3)9-14-4-5-16(19)23-8-14/h4-8H,9-11H2,1-3H3. The molecule has 1 aromatic heterocycles. The molecule has 0 N–H and O–H groups in total. The molecule has 0 fully saturated rings. The van der Waals surface area contributed by atoms with E-state index in [1.165, 1.54) is 0 Å². The maximum absolute atomic E-state index is 12.3. The topological polar surface area (TPSA) is 25.4 Å². The predicted octanol–water partition coefficient (Wildman–Crippen LogP) is 4.92. The highest BCUT2D eigenvalue weighted by atomic mass is 35.5. The van der Waals surface area contributed by atoms with Crippen molar-refractivity contribution in [3.05, 3.63) is 57.9 Å². The molecule has 0 amide bonds. The summed E-state index contributed by atoms with van der Waals surface area (Å²) in [6.07, 6.45) is -2.62. The van der Waals surface area contributed by atoms with Gasteiger partial charge in [0.15, 0.2) is 6.61 Å². The normalized spacial score (nSPS) is 11.8. The molecule has 0 radical (unpaired) electrons. The average Bonchev–Trinajstić information content (AvgIpc) is 2.47. The van der Waals surface area contributed by atoms with Gasteiger partial charge >= 0.3 is 6.18 Å². The molecule has 0 spiro atoms. The molecule has 0 aliphatic carbocycles. The lowest BCUT2D eigenvalue weighted by Crippen LogP contribution is -2.20. The third-order valence-corrected chi connectivity index (χ3v) is 3.82. The average molecular weight is 373 g/mol. The first-order valence-corrected chi connectivity index (χ1v) is 8.10. The first-order valence-electron chi connectivity index (χ1n) is 7.72. The van der Waals surface area contributed by atoms with Crippen molar-refractivity contribution in [2.45, 2.75) is 33.1 Å². The van der Waals surface area contributed by atoms with E-state index >= 15 is 0 Å². The molecular formula is C18H20ClF3N2O. The minimum atomic E-state index is -4.34. The van der Waals surface area contributed by atoms with Crippen molar-refractivity contribution in [2.75, 3.05) is 13.7 Å². The van der Waals surface area contributed by atoms with E-state index in [4.69, 9.17) is 16.3 Å². The van der Waals surface area contributed by atoms with E-state index < -0.39 is 12.8 Å². The van der Waals surface area contributed by atoms with Crippen LogP contribution in [0, 0.1) is 13.8 Å². The molecule has 2 rings (SSSR count). The van der Waals surface area contributed by atoms with E-state index in [9.17, 15) is 13.2 Å². The second kappa shape index (κ2) is 8.06. The molecule has 1 aromatic carbocycles. The lowest BCUT2D eigenvalue weighted by Gasteiger charge is -2.19. The number of alkyl halides is 3. The van der Waals surface area contributed by atoms with Crippen molar-refractivity contribution >= 4 is 11.6 Å². The summed E-state index contributed by atoms with van der Waals surface area (Å²) in [5, 5.41) is 0.451. The maximum atomic E-state index is 12.3. The second-order valence-corrected chi connectivity index (χ2v) is 6.51. The van der Waals surface area contributed by atoms with Crippen LogP contribution in [0.4, 0.5) is 13.2 Å². The van der Waals surface area contributed by atoms with Crippen molar-refractivity contribution < 1.29 is 17.9 Å². The van der Waals surface area contributed by atoms with E-state index in [1.54, 1.807) is 26.1 Å². The number of benzene rings is 1. The predicted molar refractivity (Wildman–Crippen MR) is 91.9 cm³/mol. The Bertz CT molecular complexity index is 694. The zero-order valence-electron chi connectivity index (χ0n) is 14.3. The third kappa shape index (κ3) is 6.21. The first-order chi connectivity index (χ1) is 11.6. The molecule has 0 bridgehead atoms. The minimum Gasteiger partial charge on any atom is -0.484 e. The first kappa shape index (κ1) is 19.5. The summed E-state index contributed by atoms with van der Waals surface area (Å²) in [6, 6.07) is 7.37. The molecule has 0 aliphatic rings. The molecule has 2 aromatic rings. The van der Waals surface area contributed by atoms with Crippen molar-refractivity contribution in [3.8, 4) is 5.75 Å². The Hall–Kier alpha value is -1.79. The van der Waals surface area contributed by atoms with Crippen molar-refractivity contribution in [1.29, 1.82) is 0 Å². The van der Waals surface area contributed by atoms with Crippen LogP contribution in [0.3, 0.4) is 0 Å². The molecule has 0 aliphatic heterocycles. The monoisotopic (exact) mass is 372 g/mol. The fourth-order valence-corrected chi connectivity index (χ4v) is 2.80. The third-order valence-electron chi connectivity index (χ3n) is 3.59. The van der Waals surface area contributed by atoms with Gasteiger partial charge in [-0.25, -0.2) is 4.98 Å². The Balaban J connectivity index is 2.03. The number of aryl methyl sites for hydroxylation is 2. The largest absolute Gasteiger partial charge is 0.484 e. The highest BCUT2D eigenvalue weighted by Gasteiger charge is 2.29. The van der Waals surface area contributed by atoms with Crippen LogP contribution in [0.2, 0.25) is 5.15 Å². The van der Waals surface area contributed by atoms with Gasteiger partial charge in [-0.3, -0.25) is 4.90 Å². The summed E-state index contributed by atoms with van der Waals surface area (Å²) < 4.78 is 42.0. The number of hydrogen-bond donors (Lipinski definition) is 0. The van der Waals surface area contributed by atoms with E-state index in [2.05, 4.69) is 9.88 Å². The Morgan fingerprint density at radius 2 is 1.68 bits per heavy atom. The Labute approximate surface area is 150 Å². The van der Waals surface area contributed by atoms with Gasteiger partial charge in [0.05, 0.1) is 0 Å². The van der Waals surface area contributed by atoms with Crippen LogP contribution in [0.1, 0.15) is 22.3 Å². The molecule has 25 heavy (non-hydrogen) atoms. The molecule has 0 unspecified atom stereocenters. The Kier molecular flexibility index (Phi) is 6.30. The fourth-order valence-electron chi connectivity index (χ4n) is 2.69. The van der Waals surface area contributed by atoms with E-state index in [-0.39, 0.29) is 0 Å². The minimum absolute atomic E-state index is 0.297. The maximum Gasteiger partial charge on any atom is 0.422 e. The van der Waals surface area contributed by atoms with Gasteiger partial charge in [-0.05, 0) is 49.2 Å². The Morgan fingerprint density at radius 1 is 1.08 bits per heavy atom. The molecule has 3 nitrogen and oxygen atoms in total. The number of rotatable bonds is 6. The number of halogens is 4. The lowest BCUT2D eigenvalue weighted by molar-refractivity contribution is -0.153. The van der Waals surface area contributed by atoms with Crippen LogP contribution in [0.25, 0.3) is 0 Å². The van der Waals surface area contributed by atoms with Gasteiger partial charge in [0.1, 0.15) is 10.9 Å². The molecule has 1 heterocycles. The summed E-state index contributed by atoms with van der Waals surface area (Å²) in [5.41, 5.74) is 3.44. The SMILES string of the molecule is Cc1cc(CN(C)Cc2ccc(Cl)nc2)cc(C)c1OCC(F)(F)F. The summed E-state index contributed by atoms with van der Waals surface area (Å²) >= 11 is 5.77. The fraction of sp³-hybridized carbons (Fsp3) is 0.389. The number of hydrogen-bond acceptors (Lipinski definition) is 3. The number of pyridine rings is 1. The van der Waals surface area contributed by atoms with Gasteiger partial charge in [-0.15, -0.1) is 0 Å². The van der Waals surface area contributed by atoms with Crippen molar-refractivity contribution in [3.63, 3.8) is 0 Å². The van der Waals surface area contributed by atoms with Crippen LogP contribution in [0.5, 0.6) is 5.75 Å². The summed E-state index contributed by atoms with van der Waals surface area (Å²) in [7, 11) is 1.97. The number of aromatic nitrogens is 1. The van der Waals surface area contributed by atoms with Crippen molar-refractivity contribution in [2.24, 2.45) is 0 Å². The molecule has 7 heteroatoms. The molecule has 0 saturated carbocycles. The van der Waals surface area contributed by atoms with Crippen LogP contribution in [-0.4, -0.2) is 29.7 Å². The van der Waals surface area contributed by atoms with Crippen LogP contribution in [-0.2, 0) is 13.1 Å². The van der Waals surface area contributed by atoms with Gasteiger partial charge in [-0.1, -0.05) is 29.8 Å². The van der Waals surface area contributed by atoms with E-state index in [0.717, 1.165) is 11.1 Å². The van der Waals surface area contributed by atoms with Gasteiger partial charge in [0, 0.05) is 19.3 Å². The van der Waals surface area contributed by atoms with Gasteiger partial charge < -0.3 is 4.74 Å². The Morgan fingerprint density at radius 3 is 2.20 bits per heavy atom. The van der Waals surface area contributed by atoms with E-state index in [1.807, 2.05) is 25.2 Å². The van der Waals surface area contributed by atoms with Crippen LogP contribution < -0.4 is 4.74 Å². The van der Waals surface area contributed by atoms with Gasteiger partial charge in [0.2, 0.25) is 0 Å². The molecule has 136 valence electrons. The number of nitrogens with zero attached hydrogens (tertiary/aromatic N) is 2. The lowest BCUT2D eigenvalue weighted by atomic mass is 10.1. The van der Waals surface area contributed by atoms with Gasteiger partial charge in [0.25, 0.3) is 0 Å². The zero-order chi connectivity index (χ0) is 18.6. The molecule has 0 atom stereocenters. The second-order valence-electron chi connectivity index (χ2n) is 6.12. The molecule has 0 saturated heterocycles. The van der Waals surface area contributed by atoms with E-state index in [0.29, 0.717) is 35.1 Å². The number of ether oxygens (including phenoxy) is 1. The zero-order valence-corrected chi connectivity index (χ0v) is 15.1. The van der Waals surface area contributed by atoms with Crippen LogP contribution in [0.15, 0.2) is 30.5 Å². The highest BCUT2D eigenvalue weighted by Crippen LogP contribution is 2.27. The smallest absolute Gasteiger partial charge is 0.422 e. The molecular weight excluding hydrogens is 353 g/mol. The van der Waals surface area contributed by atoms with Crippen molar-refractivity contribution in [1.82, 2.24) is 9.88 Å². The summed E-state index contributed by atoms with van der Waals surface area (Å²) in [4.78, 5) is 6.14. The van der Waals surface area contributed by atoms with Crippen LogP contribution >= 0.6 is 11.6 Å².